The minimum atomic E-state index is -0.708. The lowest BCUT2D eigenvalue weighted by Gasteiger charge is -2.46. The molecule has 0 N–H and O–H groups in total. The molecule has 2 atom stereocenters. The average Bonchev–Trinajstić information content (AvgIpc) is 2.77. The van der Waals surface area contributed by atoms with E-state index in [0.717, 1.165) is 5.56 Å². The standard InChI is InChI=1S/C23H20FNO4/c1-27-19-13-8-15(14-20(19)28-2)21-22(29-18-6-4-3-5-7-18)23(26)25(21)17-11-9-16(24)10-12-17/h3-14,21-22H,1-2H3/t21-,22-/m1/s1. The summed E-state index contributed by atoms with van der Waals surface area (Å²) in [4.78, 5) is 14.6. The number of rotatable bonds is 6. The Hall–Kier alpha value is -3.54. The highest BCUT2D eigenvalue weighted by Crippen LogP contribution is 2.43. The van der Waals surface area contributed by atoms with Crippen molar-refractivity contribution < 1.29 is 23.4 Å². The van der Waals surface area contributed by atoms with E-state index in [1.165, 1.54) is 12.1 Å². The fourth-order valence-electron chi connectivity index (χ4n) is 3.47. The normalized spacial score (nSPS) is 18.2. The number of hydrogen-bond donors (Lipinski definition) is 0. The monoisotopic (exact) mass is 393 g/mol. The van der Waals surface area contributed by atoms with Crippen molar-refractivity contribution in [3.8, 4) is 17.2 Å². The van der Waals surface area contributed by atoms with Crippen molar-refractivity contribution in [2.45, 2.75) is 12.1 Å². The van der Waals surface area contributed by atoms with Crippen molar-refractivity contribution in [3.63, 3.8) is 0 Å². The van der Waals surface area contributed by atoms with Crippen molar-refractivity contribution in [2.24, 2.45) is 0 Å². The molecule has 3 aromatic carbocycles. The van der Waals surface area contributed by atoms with Crippen LogP contribution >= 0.6 is 0 Å². The van der Waals surface area contributed by atoms with Crippen LogP contribution in [0.25, 0.3) is 0 Å². The molecule has 29 heavy (non-hydrogen) atoms. The van der Waals surface area contributed by atoms with E-state index >= 15 is 0 Å². The van der Waals surface area contributed by atoms with Crippen molar-refractivity contribution in [1.82, 2.24) is 0 Å². The lowest BCUT2D eigenvalue weighted by molar-refractivity contribution is -0.135. The molecule has 1 heterocycles. The first kappa shape index (κ1) is 18.8. The molecule has 5 nitrogen and oxygen atoms in total. The molecule has 1 amide bonds. The minimum Gasteiger partial charge on any atom is -0.493 e. The molecule has 0 radical (unpaired) electrons. The van der Waals surface area contributed by atoms with Gasteiger partial charge in [-0.2, -0.15) is 0 Å². The number of carbonyl (C=O) groups excluding carboxylic acids is 1. The van der Waals surface area contributed by atoms with Gasteiger partial charge in [-0.25, -0.2) is 4.39 Å². The van der Waals surface area contributed by atoms with Gasteiger partial charge in [-0.3, -0.25) is 9.69 Å². The van der Waals surface area contributed by atoms with Gasteiger partial charge in [-0.05, 0) is 54.1 Å². The van der Waals surface area contributed by atoms with Gasteiger partial charge in [0.1, 0.15) is 17.6 Å². The van der Waals surface area contributed by atoms with E-state index in [1.807, 2.05) is 30.3 Å². The number of benzene rings is 3. The van der Waals surface area contributed by atoms with Crippen molar-refractivity contribution in [3.05, 3.63) is 84.2 Å². The van der Waals surface area contributed by atoms with Crippen molar-refractivity contribution >= 4 is 11.6 Å². The lowest BCUT2D eigenvalue weighted by atomic mass is 9.89. The maximum atomic E-state index is 13.4. The quantitative estimate of drug-likeness (QED) is 0.583. The van der Waals surface area contributed by atoms with Gasteiger partial charge in [0, 0.05) is 5.69 Å². The third-order valence-corrected chi connectivity index (χ3v) is 4.91. The third-order valence-electron chi connectivity index (χ3n) is 4.91. The Labute approximate surface area is 168 Å². The van der Waals surface area contributed by atoms with Crippen LogP contribution in [-0.2, 0) is 4.79 Å². The van der Waals surface area contributed by atoms with Crippen LogP contribution in [0.1, 0.15) is 11.6 Å². The maximum absolute atomic E-state index is 13.4. The molecule has 1 saturated heterocycles. The number of para-hydroxylation sites is 1. The Bertz CT molecular complexity index is 1010. The molecule has 1 fully saturated rings. The lowest BCUT2D eigenvalue weighted by Crippen LogP contribution is -2.61. The van der Waals surface area contributed by atoms with Crippen LogP contribution in [0.4, 0.5) is 10.1 Å². The summed E-state index contributed by atoms with van der Waals surface area (Å²) in [5.41, 5.74) is 1.43. The number of nitrogens with zero attached hydrogens (tertiary/aromatic N) is 1. The molecular formula is C23H20FNO4. The number of hydrogen-bond acceptors (Lipinski definition) is 4. The second-order valence-corrected chi connectivity index (χ2v) is 6.60. The smallest absolute Gasteiger partial charge is 0.271 e. The number of methoxy groups -OCH3 is 2. The summed E-state index contributed by atoms with van der Waals surface area (Å²) in [6.07, 6.45) is -0.708. The topological polar surface area (TPSA) is 48.0 Å². The summed E-state index contributed by atoms with van der Waals surface area (Å²) < 4.78 is 30.1. The van der Waals surface area contributed by atoms with Crippen LogP contribution in [0.2, 0.25) is 0 Å². The predicted octanol–water partition coefficient (Wildman–Crippen LogP) is 4.38. The molecule has 148 valence electrons. The summed E-state index contributed by atoms with van der Waals surface area (Å²) >= 11 is 0. The molecule has 1 aliphatic rings. The van der Waals surface area contributed by atoms with Crippen LogP contribution in [0.3, 0.4) is 0 Å². The highest BCUT2D eigenvalue weighted by atomic mass is 19.1. The van der Waals surface area contributed by atoms with Crippen LogP contribution in [-0.4, -0.2) is 26.2 Å². The molecule has 0 aliphatic carbocycles. The van der Waals surface area contributed by atoms with Gasteiger partial charge < -0.3 is 14.2 Å². The first-order valence-corrected chi connectivity index (χ1v) is 9.14. The molecule has 4 rings (SSSR count). The highest BCUT2D eigenvalue weighted by Gasteiger charge is 2.51. The van der Waals surface area contributed by atoms with Crippen molar-refractivity contribution in [1.29, 1.82) is 0 Å². The van der Waals surface area contributed by atoms with Crippen LogP contribution in [0, 0.1) is 5.82 Å². The zero-order valence-electron chi connectivity index (χ0n) is 16.0. The molecule has 3 aromatic rings. The van der Waals surface area contributed by atoms with Gasteiger partial charge in [0.25, 0.3) is 5.91 Å². The number of ether oxygens (including phenoxy) is 3. The molecule has 0 spiro atoms. The SMILES string of the molecule is COc1ccc([C@@H]2[C@@H](Oc3ccccc3)C(=O)N2c2ccc(F)cc2)cc1OC. The molecular weight excluding hydrogens is 373 g/mol. The van der Waals surface area contributed by atoms with Crippen LogP contribution in [0.5, 0.6) is 17.2 Å². The highest BCUT2D eigenvalue weighted by molar-refractivity contribution is 6.05. The van der Waals surface area contributed by atoms with Gasteiger partial charge in [0.15, 0.2) is 11.5 Å². The summed E-state index contributed by atoms with van der Waals surface area (Å²) in [6.45, 7) is 0. The molecule has 0 unspecified atom stereocenters. The Morgan fingerprint density at radius 2 is 1.55 bits per heavy atom. The average molecular weight is 393 g/mol. The maximum Gasteiger partial charge on any atom is 0.271 e. The molecule has 0 aromatic heterocycles. The molecule has 6 heteroatoms. The molecule has 0 saturated carbocycles. The van der Waals surface area contributed by atoms with E-state index in [4.69, 9.17) is 14.2 Å². The number of amides is 1. The third kappa shape index (κ3) is 3.49. The van der Waals surface area contributed by atoms with E-state index in [9.17, 15) is 9.18 Å². The summed E-state index contributed by atoms with van der Waals surface area (Å²) in [5, 5.41) is 0. The fraction of sp³-hybridized carbons (Fsp3) is 0.174. The Kier molecular flexibility index (Phi) is 5.08. The van der Waals surface area contributed by atoms with E-state index in [0.29, 0.717) is 22.9 Å². The second-order valence-electron chi connectivity index (χ2n) is 6.60. The number of carbonyl (C=O) groups is 1. The van der Waals surface area contributed by atoms with Gasteiger partial charge in [0.05, 0.1) is 14.2 Å². The minimum absolute atomic E-state index is 0.194. The zero-order chi connectivity index (χ0) is 20.4. The van der Waals surface area contributed by atoms with E-state index in [1.54, 1.807) is 49.5 Å². The summed E-state index contributed by atoms with van der Waals surface area (Å²) in [7, 11) is 3.12. The van der Waals surface area contributed by atoms with Gasteiger partial charge in [-0.15, -0.1) is 0 Å². The Morgan fingerprint density at radius 1 is 0.862 bits per heavy atom. The second kappa shape index (κ2) is 7.83. The predicted molar refractivity (Wildman–Crippen MR) is 107 cm³/mol. The number of anilines is 1. The fourth-order valence-corrected chi connectivity index (χ4v) is 3.47. The van der Waals surface area contributed by atoms with Crippen molar-refractivity contribution in [2.75, 3.05) is 19.1 Å². The zero-order valence-corrected chi connectivity index (χ0v) is 16.0. The first-order valence-electron chi connectivity index (χ1n) is 9.14. The Morgan fingerprint density at radius 3 is 2.21 bits per heavy atom. The number of halogens is 1. The van der Waals surface area contributed by atoms with E-state index in [-0.39, 0.29) is 11.7 Å². The molecule has 0 bridgehead atoms. The largest absolute Gasteiger partial charge is 0.493 e. The number of β-lactam (4-membered cyclic amide) rings is 1. The van der Waals surface area contributed by atoms with Gasteiger partial charge in [-0.1, -0.05) is 24.3 Å². The molecule has 1 aliphatic heterocycles. The van der Waals surface area contributed by atoms with E-state index in [2.05, 4.69) is 0 Å². The van der Waals surface area contributed by atoms with Crippen LogP contribution in [0.15, 0.2) is 72.8 Å². The summed E-state index contributed by atoms with van der Waals surface area (Å²) in [5.74, 6) is 1.20. The van der Waals surface area contributed by atoms with E-state index < -0.39 is 12.1 Å². The van der Waals surface area contributed by atoms with Gasteiger partial charge in [0.2, 0.25) is 6.10 Å². The Balaban J connectivity index is 1.72. The first-order chi connectivity index (χ1) is 14.1. The summed E-state index contributed by atoms with van der Waals surface area (Å²) in [6, 6.07) is 20.1. The van der Waals surface area contributed by atoms with Gasteiger partial charge >= 0.3 is 0 Å². The van der Waals surface area contributed by atoms with Crippen LogP contribution < -0.4 is 19.1 Å².